The molecular formula is C12H19NO3S. The Morgan fingerprint density at radius 1 is 1.29 bits per heavy atom. The van der Waals surface area contributed by atoms with Crippen LogP contribution in [0.25, 0.3) is 0 Å². The van der Waals surface area contributed by atoms with Gasteiger partial charge in [0, 0.05) is 6.42 Å². The lowest BCUT2D eigenvalue weighted by Crippen LogP contribution is -2.06. The molecule has 96 valence electrons. The van der Waals surface area contributed by atoms with Crippen LogP contribution in [0, 0.1) is 0 Å². The van der Waals surface area contributed by atoms with Crippen LogP contribution in [0.4, 0.5) is 0 Å². The normalized spacial score (nSPS) is 19.1. The molecule has 0 radical (unpaired) electrons. The average Bonchev–Trinajstić information content (AvgIpc) is 2.54. The number of rotatable bonds is 3. The SMILES string of the molecule is CCS(=O)(=O)ON=C1CC(=C(C)C)C(C)=C1C. The van der Waals surface area contributed by atoms with E-state index in [0.29, 0.717) is 12.1 Å². The van der Waals surface area contributed by atoms with Crippen molar-refractivity contribution in [2.75, 3.05) is 5.75 Å². The first-order valence-corrected chi connectivity index (χ1v) is 7.19. The number of nitrogens with zero attached hydrogens (tertiary/aromatic N) is 1. The molecule has 1 rings (SSSR count). The molecule has 0 aliphatic heterocycles. The maximum atomic E-state index is 11.2. The molecule has 1 aliphatic rings. The molecule has 0 amide bonds. The van der Waals surface area contributed by atoms with E-state index in [-0.39, 0.29) is 5.75 Å². The fourth-order valence-corrected chi connectivity index (χ4v) is 1.99. The summed E-state index contributed by atoms with van der Waals surface area (Å²) in [4.78, 5) is 0. The molecule has 0 aromatic heterocycles. The van der Waals surface area contributed by atoms with Gasteiger partial charge in [-0.25, -0.2) is 0 Å². The van der Waals surface area contributed by atoms with Crippen molar-refractivity contribution in [3.8, 4) is 0 Å². The molecule has 0 N–H and O–H groups in total. The van der Waals surface area contributed by atoms with Gasteiger partial charge in [0.2, 0.25) is 0 Å². The van der Waals surface area contributed by atoms with Crippen molar-refractivity contribution in [2.45, 2.75) is 41.0 Å². The fraction of sp³-hybridized carbons (Fsp3) is 0.583. The molecule has 0 atom stereocenters. The molecule has 0 saturated heterocycles. The monoisotopic (exact) mass is 257 g/mol. The van der Waals surface area contributed by atoms with Crippen LogP contribution in [0.5, 0.6) is 0 Å². The molecular weight excluding hydrogens is 238 g/mol. The Labute approximate surface area is 103 Å². The molecule has 0 fully saturated rings. The lowest BCUT2D eigenvalue weighted by atomic mass is 10.1. The van der Waals surface area contributed by atoms with Crippen molar-refractivity contribution in [1.29, 1.82) is 0 Å². The molecule has 4 nitrogen and oxygen atoms in total. The number of allylic oxidation sites excluding steroid dienone is 4. The van der Waals surface area contributed by atoms with Crippen molar-refractivity contribution in [3.05, 3.63) is 22.3 Å². The average molecular weight is 257 g/mol. The topological polar surface area (TPSA) is 55.7 Å². The summed E-state index contributed by atoms with van der Waals surface area (Å²) < 4.78 is 27.0. The predicted molar refractivity (Wildman–Crippen MR) is 69.3 cm³/mol. The van der Waals surface area contributed by atoms with Gasteiger partial charge >= 0.3 is 10.1 Å². The summed E-state index contributed by atoms with van der Waals surface area (Å²) in [5.74, 6) is -0.0684. The number of oxime groups is 1. The van der Waals surface area contributed by atoms with Crippen LogP contribution in [0.1, 0.15) is 41.0 Å². The molecule has 17 heavy (non-hydrogen) atoms. The molecule has 0 aromatic carbocycles. The third-order valence-corrected chi connectivity index (χ3v) is 4.02. The van der Waals surface area contributed by atoms with E-state index in [1.807, 2.05) is 27.7 Å². The first kappa shape index (κ1) is 14.0. The summed E-state index contributed by atoms with van der Waals surface area (Å²) in [7, 11) is -3.51. The van der Waals surface area contributed by atoms with Crippen LogP contribution < -0.4 is 0 Å². The van der Waals surface area contributed by atoms with E-state index < -0.39 is 10.1 Å². The van der Waals surface area contributed by atoms with Gasteiger partial charge in [0.05, 0.1) is 11.5 Å². The van der Waals surface area contributed by atoms with Crippen LogP contribution in [0.2, 0.25) is 0 Å². The van der Waals surface area contributed by atoms with E-state index in [4.69, 9.17) is 0 Å². The molecule has 0 heterocycles. The molecule has 5 heteroatoms. The maximum absolute atomic E-state index is 11.2. The van der Waals surface area contributed by atoms with Crippen LogP contribution in [0.15, 0.2) is 27.4 Å². The smallest absolute Gasteiger partial charge is 0.268 e. The van der Waals surface area contributed by atoms with Gasteiger partial charge in [-0.3, -0.25) is 4.28 Å². The van der Waals surface area contributed by atoms with Gasteiger partial charge < -0.3 is 0 Å². The van der Waals surface area contributed by atoms with Crippen molar-refractivity contribution in [3.63, 3.8) is 0 Å². The second-order valence-electron chi connectivity index (χ2n) is 4.36. The lowest BCUT2D eigenvalue weighted by molar-refractivity contribution is 0.339. The van der Waals surface area contributed by atoms with Crippen molar-refractivity contribution < 1.29 is 12.7 Å². The quantitative estimate of drug-likeness (QED) is 0.730. The third kappa shape index (κ3) is 3.19. The Balaban J connectivity index is 2.99. The highest BCUT2D eigenvalue weighted by molar-refractivity contribution is 7.86. The second kappa shape index (κ2) is 5.04. The minimum atomic E-state index is -3.51. The van der Waals surface area contributed by atoms with E-state index in [9.17, 15) is 8.42 Å². The first-order chi connectivity index (χ1) is 7.78. The van der Waals surface area contributed by atoms with Crippen molar-refractivity contribution in [1.82, 2.24) is 0 Å². The first-order valence-electron chi connectivity index (χ1n) is 5.61. The van der Waals surface area contributed by atoms with E-state index in [0.717, 1.165) is 5.57 Å². The summed E-state index contributed by atoms with van der Waals surface area (Å²) in [5, 5.41) is 3.77. The molecule has 1 aliphatic carbocycles. The van der Waals surface area contributed by atoms with Gasteiger partial charge in [0.1, 0.15) is 0 Å². The van der Waals surface area contributed by atoms with Crippen molar-refractivity contribution >= 4 is 15.8 Å². The minimum Gasteiger partial charge on any atom is -0.268 e. The van der Waals surface area contributed by atoms with Crippen molar-refractivity contribution in [2.24, 2.45) is 5.16 Å². The predicted octanol–water partition coefficient (Wildman–Crippen LogP) is 2.79. The van der Waals surface area contributed by atoms with Crippen LogP contribution in [-0.4, -0.2) is 19.9 Å². The van der Waals surface area contributed by atoms with Crippen LogP contribution in [-0.2, 0) is 14.4 Å². The highest BCUT2D eigenvalue weighted by atomic mass is 32.2. The molecule has 0 saturated carbocycles. The van der Waals surface area contributed by atoms with Gasteiger partial charge in [-0.2, -0.15) is 8.42 Å². The Bertz CT molecular complexity index is 506. The van der Waals surface area contributed by atoms with E-state index >= 15 is 0 Å². The Morgan fingerprint density at radius 2 is 1.88 bits per heavy atom. The van der Waals surface area contributed by atoms with Gasteiger partial charge in [-0.15, -0.1) is 0 Å². The van der Waals surface area contributed by atoms with Crippen LogP contribution in [0.3, 0.4) is 0 Å². The largest absolute Gasteiger partial charge is 0.328 e. The molecule has 0 aromatic rings. The highest BCUT2D eigenvalue weighted by Gasteiger charge is 2.21. The zero-order valence-electron chi connectivity index (χ0n) is 11.0. The number of hydrogen-bond donors (Lipinski definition) is 0. The van der Waals surface area contributed by atoms with E-state index in [1.165, 1.54) is 23.6 Å². The zero-order chi connectivity index (χ0) is 13.2. The Hall–Kier alpha value is -1.10. The fourth-order valence-electron chi connectivity index (χ4n) is 1.68. The molecule has 0 unspecified atom stereocenters. The maximum Gasteiger partial charge on any atom is 0.328 e. The minimum absolute atomic E-state index is 0.0684. The number of hydrogen-bond acceptors (Lipinski definition) is 4. The Morgan fingerprint density at radius 3 is 2.29 bits per heavy atom. The second-order valence-corrected chi connectivity index (χ2v) is 6.21. The highest BCUT2D eigenvalue weighted by Crippen LogP contribution is 2.31. The third-order valence-electron chi connectivity index (χ3n) is 3.01. The van der Waals surface area contributed by atoms with Crippen LogP contribution >= 0.6 is 0 Å². The summed E-state index contributed by atoms with van der Waals surface area (Å²) in [6.45, 7) is 9.57. The standard InChI is InChI=1S/C12H19NO3S/c1-6-17(14,15)16-13-12-7-11(8(2)3)9(4)10(12)5/h6-7H2,1-5H3. The summed E-state index contributed by atoms with van der Waals surface area (Å²) in [6, 6.07) is 0. The summed E-state index contributed by atoms with van der Waals surface area (Å²) >= 11 is 0. The van der Waals surface area contributed by atoms with Gasteiger partial charge in [0.25, 0.3) is 0 Å². The van der Waals surface area contributed by atoms with E-state index in [2.05, 4.69) is 9.44 Å². The zero-order valence-corrected chi connectivity index (χ0v) is 11.8. The Kier molecular flexibility index (Phi) is 4.14. The summed E-state index contributed by atoms with van der Waals surface area (Å²) in [5.41, 5.74) is 5.33. The van der Waals surface area contributed by atoms with Gasteiger partial charge in [-0.1, -0.05) is 10.7 Å². The molecule has 0 bridgehead atoms. The van der Waals surface area contributed by atoms with E-state index in [1.54, 1.807) is 0 Å². The summed E-state index contributed by atoms with van der Waals surface area (Å²) in [6.07, 6.45) is 0.652. The lowest BCUT2D eigenvalue weighted by Gasteiger charge is -2.01. The van der Waals surface area contributed by atoms with Gasteiger partial charge in [-0.05, 0) is 51.3 Å². The van der Waals surface area contributed by atoms with Gasteiger partial charge in [0.15, 0.2) is 0 Å². The molecule has 0 spiro atoms.